The second kappa shape index (κ2) is 9.35. The van der Waals surface area contributed by atoms with Gasteiger partial charge in [0.1, 0.15) is 5.75 Å². The summed E-state index contributed by atoms with van der Waals surface area (Å²) >= 11 is 0. The second-order valence-electron chi connectivity index (χ2n) is 7.40. The lowest BCUT2D eigenvalue weighted by Crippen LogP contribution is -2.12. The summed E-state index contributed by atoms with van der Waals surface area (Å²) in [6, 6.07) is 15.0. The number of carbonyl (C=O) groups excluding carboxylic acids is 1. The predicted molar refractivity (Wildman–Crippen MR) is 124 cm³/mol. The molecule has 0 aliphatic rings. The van der Waals surface area contributed by atoms with Crippen molar-refractivity contribution in [2.75, 3.05) is 0 Å². The van der Waals surface area contributed by atoms with Crippen molar-refractivity contribution < 1.29 is 22.7 Å². The molecule has 2 aromatic heterocycles. The number of H-pyrrole nitrogens is 1. The van der Waals surface area contributed by atoms with Crippen LogP contribution in [0.2, 0.25) is 0 Å². The van der Waals surface area contributed by atoms with Crippen molar-refractivity contribution >= 4 is 28.0 Å². The van der Waals surface area contributed by atoms with Crippen molar-refractivity contribution in [2.45, 2.75) is 19.5 Å². The van der Waals surface area contributed by atoms with Gasteiger partial charge in [-0.05, 0) is 47.4 Å². The monoisotopic (exact) mass is 463 g/mol. The van der Waals surface area contributed by atoms with Crippen LogP contribution in [0.15, 0.2) is 79.6 Å². The van der Waals surface area contributed by atoms with Gasteiger partial charge in [0.15, 0.2) is 5.69 Å². The fraction of sp³-hybridized carbons (Fsp3) is 0.115. The number of aromatic nitrogens is 3. The number of esters is 1. The lowest BCUT2D eigenvalue weighted by Gasteiger charge is -2.20. The number of nitrogens with one attached hydrogen (secondary N) is 1. The number of aromatic amines is 1. The number of alkyl halides is 3. The van der Waals surface area contributed by atoms with Gasteiger partial charge >= 0.3 is 12.1 Å². The van der Waals surface area contributed by atoms with Gasteiger partial charge in [0, 0.05) is 28.8 Å². The minimum atomic E-state index is -4.65. The standard InChI is InChI=1S/C26H20F3N3O2/c1-3-18(19-9-7-13-30-25(19)26(27,28)29)24(16-11-12-21-17(14-16)15-31-32-21)20-8-5-6-10-22(20)34-23(33)4-2/h4-15H,2-3H2,1H3,(H,31,32)/b24-18+. The molecule has 0 amide bonds. The van der Waals surface area contributed by atoms with Crippen LogP contribution >= 0.6 is 0 Å². The van der Waals surface area contributed by atoms with E-state index in [4.69, 9.17) is 4.74 Å². The van der Waals surface area contributed by atoms with E-state index in [2.05, 4.69) is 21.8 Å². The Bertz CT molecular complexity index is 1400. The van der Waals surface area contributed by atoms with Crippen LogP contribution < -0.4 is 4.74 Å². The van der Waals surface area contributed by atoms with Gasteiger partial charge in [-0.25, -0.2) is 4.79 Å². The van der Waals surface area contributed by atoms with E-state index in [-0.39, 0.29) is 17.7 Å². The highest BCUT2D eigenvalue weighted by atomic mass is 19.4. The smallest absolute Gasteiger partial charge is 0.423 e. The molecule has 0 bridgehead atoms. The summed E-state index contributed by atoms with van der Waals surface area (Å²) in [4.78, 5) is 15.6. The normalized spacial score (nSPS) is 12.4. The van der Waals surface area contributed by atoms with Crippen molar-refractivity contribution in [3.63, 3.8) is 0 Å². The second-order valence-corrected chi connectivity index (χ2v) is 7.40. The number of benzene rings is 2. The van der Waals surface area contributed by atoms with Crippen LogP contribution in [0.3, 0.4) is 0 Å². The number of nitrogens with zero attached hydrogens (tertiary/aromatic N) is 2. The topological polar surface area (TPSA) is 67.9 Å². The molecular weight excluding hydrogens is 443 g/mol. The van der Waals surface area contributed by atoms with E-state index in [1.54, 1.807) is 49.5 Å². The van der Waals surface area contributed by atoms with Crippen LogP contribution in [0, 0.1) is 0 Å². The molecule has 0 fully saturated rings. The summed E-state index contributed by atoms with van der Waals surface area (Å²) in [6.07, 6.45) is -0.600. The lowest BCUT2D eigenvalue weighted by molar-refractivity contribution is -0.141. The van der Waals surface area contributed by atoms with Crippen LogP contribution in [0.1, 0.15) is 35.7 Å². The first-order chi connectivity index (χ1) is 16.3. The van der Waals surface area contributed by atoms with E-state index in [1.165, 1.54) is 12.1 Å². The molecule has 4 rings (SSSR count). The number of hydrogen-bond donors (Lipinski definition) is 1. The highest BCUT2D eigenvalue weighted by Gasteiger charge is 2.36. The highest BCUT2D eigenvalue weighted by molar-refractivity contribution is 6.02. The average Bonchev–Trinajstić information content (AvgIpc) is 3.30. The molecule has 0 atom stereocenters. The number of pyridine rings is 1. The van der Waals surface area contributed by atoms with Crippen molar-refractivity contribution in [3.8, 4) is 5.75 Å². The first-order valence-corrected chi connectivity index (χ1v) is 10.5. The highest BCUT2D eigenvalue weighted by Crippen LogP contribution is 2.42. The molecule has 0 aliphatic heterocycles. The number of fused-ring (bicyclic) bond motifs is 1. The van der Waals surface area contributed by atoms with Crippen LogP contribution in [0.25, 0.3) is 22.0 Å². The van der Waals surface area contributed by atoms with Gasteiger partial charge in [0.05, 0.1) is 11.7 Å². The molecule has 34 heavy (non-hydrogen) atoms. The van der Waals surface area contributed by atoms with Crippen molar-refractivity contribution in [1.82, 2.24) is 15.2 Å². The molecule has 0 saturated heterocycles. The molecule has 0 saturated carbocycles. The predicted octanol–water partition coefficient (Wildman–Crippen LogP) is 6.44. The number of hydrogen-bond acceptors (Lipinski definition) is 4. The zero-order valence-corrected chi connectivity index (χ0v) is 18.2. The van der Waals surface area contributed by atoms with Crippen LogP contribution in [-0.2, 0) is 11.0 Å². The molecule has 0 spiro atoms. The molecule has 0 aliphatic carbocycles. The minimum absolute atomic E-state index is 0.0374. The molecule has 1 N–H and O–H groups in total. The SMILES string of the molecule is C=CC(=O)Oc1ccccc1/C(=C(\CC)c1cccnc1C(F)(F)F)c1ccc2[nH]ncc2c1. The van der Waals surface area contributed by atoms with Gasteiger partial charge in [0.2, 0.25) is 0 Å². The Morgan fingerprint density at radius 2 is 1.88 bits per heavy atom. The van der Waals surface area contributed by atoms with Crippen molar-refractivity contribution in [2.24, 2.45) is 0 Å². The first kappa shape index (κ1) is 23.0. The van der Waals surface area contributed by atoms with Crippen LogP contribution in [0.5, 0.6) is 5.75 Å². The number of ether oxygens (including phenoxy) is 1. The van der Waals surface area contributed by atoms with Gasteiger partial charge < -0.3 is 4.74 Å². The summed E-state index contributed by atoms with van der Waals surface area (Å²) in [5.74, 6) is -0.467. The molecule has 172 valence electrons. The van der Waals surface area contributed by atoms with Gasteiger partial charge in [-0.3, -0.25) is 10.1 Å². The number of rotatable bonds is 6. The van der Waals surface area contributed by atoms with Gasteiger partial charge in [-0.15, -0.1) is 0 Å². The molecule has 4 aromatic rings. The van der Waals surface area contributed by atoms with Crippen LogP contribution in [-0.4, -0.2) is 21.2 Å². The fourth-order valence-corrected chi connectivity index (χ4v) is 3.88. The largest absolute Gasteiger partial charge is 0.433 e. The summed E-state index contributed by atoms with van der Waals surface area (Å²) in [5.41, 5.74) is 1.78. The molecule has 0 radical (unpaired) electrons. The maximum absolute atomic E-state index is 13.9. The Morgan fingerprint density at radius 3 is 2.62 bits per heavy atom. The molecular formula is C26H20F3N3O2. The quantitative estimate of drug-likeness (QED) is 0.203. The Labute approximate surface area is 193 Å². The molecule has 2 heterocycles. The molecule has 2 aromatic carbocycles. The maximum Gasteiger partial charge on any atom is 0.433 e. The third-order valence-corrected chi connectivity index (χ3v) is 5.32. The third kappa shape index (κ3) is 4.47. The maximum atomic E-state index is 13.9. The lowest BCUT2D eigenvalue weighted by atomic mass is 9.86. The zero-order valence-electron chi connectivity index (χ0n) is 18.2. The number of allylic oxidation sites excluding steroid dienone is 1. The average molecular weight is 463 g/mol. The Kier molecular flexibility index (Phi) is 6.32. The van der Waals surface area contributed by atoms with E-state index < -0.39 is 17.8 Å². The number of carbonyl (C=O) groups is 1. The molecule has 0 unspecified atom stereocenters. The Hall–Kier alpha value is -4.20. The summed E-state index contributed by atoms with van der Waals surface area (Å²) < 4.78 is 47.1. The third-order valence-electron chi connectivity index (χ3n) is 5.32. The summed E-state index contributed by atoms with van der Waals surface area (Å²) in [5, 5.41) is 7.69. The summed E-state index contributed by atoms with van der Waals surface area (Å²) in [6.45, 7) is 5.20. The van der Waals surface area contributed by atoms with Gasteiger partial charge in [0.25, 0.3) is 0 Å². The Morgan fingerprint density at radius 1 is 1.12 bits per heavy atom. The van der Waals surface area contributed by atoms with Crippen LogP contribution in [0.4, 0.5) is 13.2 Å². The van der Waals surface area contributed by atoms with E-state index in [1.807, 2.05) is 6.07 Å². The zero-order chi connectivity index (χ0) is 24.3. The van der Waals surface area contributed by atoms with E-state index in [0.29, 0.717) is 22.3 Å². The van der Waals surface area contributed by atoms with Crippen molar-refractivity contribution in [1.29, 1.82) is 0 Å². The first-order valence-electron chi connectivity index (χ1n) is 10.5. The number of halogens is 3. The summed E-state index contributed by atoms with van der Waals surface area (Å²) in [7, 11) is 0. The van der Waals surface area contributed by atoms with Crippen molar-refractivity contribution in [3.05, 3.63) is 102 Å². The number of para-hydroxylation sites is 1. The van der Waals surface area contributed by atoms with E-state index in [0.717, 1.165) is 23.2 Å². The van der Waals surface area contributed by atoms with E-state index in [9.17, 15) is 18.0 Å². The van der Waals surface area contributed by atoms with Gasteiger partial charge in [-0.1, -0.05) is 43.8 Å². The Balaban J connectivity index is 2.08. The molecule has 5 nitrogen and oxygen atoms in total. The minimum Gasteiger partial charge on any atom is -0.423 e. The van der Waals surface area contributed by atoms with E-state index >= 15 is 0 Å². The fourth-order valence-electron chi connectivity index (χ4n) is 3.88. The molecule has 8 heteroatoms. The van der Waals surface area contributed by atoms with Gasteiger partial charge in [-0.2, -0.15) is 18.3 Å².